The van der Waals surface area contributed by atoms with E-state index in [4.69, 9.17) is 4.74 Å². The van der Waals surface area contributed by atoms with E-state index in [1.807, 2.05) is 0 Å². The third-order valence-corrected chi connectivity index (χ3v) is 2.98. The highest BCUT2D eigenvalue weighted by atomic mass is 16.5. The first-order valence-corrected chi connectivity index (χ1v) is 5.54. The van der Waals surface area contributed by atoms with Gasteiger partial charge in [0, 0.05) is 19.1 Å². The Morgan fingerprint density at radius 3 is 2.38 bits per heavy atom. The largest absolute Gasteiger partial charge is 0.379 e. The van der Waals surface area contributed by atoms with E-state index in [9.17, 15) is 0 Å². The van der Waals surface area contributed by atoms with E-state index >= 15 is 0 Å². The fourth-order valence-electron chi connectivity index (χ4n) is 2.18. The third-order valence-electron chi connectivity index (χ3n) is 2.98. The predicted molar refractivity (Wildman–Crippen MR) is 52.4 cm³/mol. The van der Waals surface area contributed by atoms with E-state index in [1.165, 1.54) is 32.1 Å². The molecule has 3 nitrogen and oxygen atoms in total. The van der Waals surface area contributed by atoms with Crippen LogP contribution in [0.4, 0.5) is 0 Å². The lowest BCUT2D eigenvalue weighted by Crippen LogP contribution is -2.50. The lowest BCUT2D eigenvalue weighted by atomic mass is 9.96. The number of hydrogen-bond donors (Lipinski definition) is 1. The third kappa shape index (κ3) is 2.93. The Bertz CT molecular complexity index is 124. The molecule has 0 aromatic carbocycles. The Morgan fingerprint density at radius 2 is 1.69 bits per heavy atom. The molecule has 1 aliphatic carbocycles. The van der Waals surface area contributed by atoms with Crippen molar-refractivity contribution < 1.29 is 4.74 Å². The zero-order valence-electron chi connectivity index (χ0n) is 8.30. The molecule has 0 amide bonds. The van der Waals surface area contributed by atoms with Gasteiger partial charge in [-0.1, -0.05) is 19.3 Å². The van der Waals surface area contributed by atoms with E-state index in [0.29, 0.717) is 0 Å². The van der Waals surface area contributed by atoms with Crippen molar-refractivity contribution in [1.82, 2.24) is 10.4 Å². The fourth-order valence-corrected chi connectivity index (χ4v) is 2.18. The van der Waals surface area contributed by atoms with Crippen LogP contribution in [0.25, 0.3) is 0 Å². The first-order valence-electron chi connectivity index (χ1n) is 5.54. The van der Waals surface area contributed by atoms with Crippen molar-refractivity contribution in [3.63, 3.8) is 0 Å². The molecule has 0 unspecified atom stereocenters. The summed E-state index contributed by atoms with van der Waals surface area (Å²) in [6.07, 6.45) is 6.96. The molecule has 0 aromatic rings. The van der Waals surface area contributed by atoms with Gasteiger partial charge in [-0.05, 0) is 12.8 Å². The Morgan fingerprint density at radius 1 is 1.00 bits per heavy atom. The molecule has 1 N–H and O–H groups in total. The van der Waals surface area contributed by atoms with Crippen molar-refractivity contribution in [1.29, 1.82) is 0 Å². The summed E-state index contributed by atoms with van der Waals surface area (Å²) < 4.78 is 5.31. The van der Waals surface area contributed by atoms with Crippen LogP contribution in [-0.4, -0.2) is 37.4 Å². The maximum atomic E-state index is 5.31. The number of nitrogens with one attached hydrogen (secondary N) is 1. The quantitative estimate of drug-likeness (QED) is 0.697. The second-order valence-electron chi connectivity index (χ2n) is 4.06. The van der Waals surface area contributed by atoms with Crippen LogP contribution in [0, 0.1) is 0 Å². The van der Waals surface area contributed by atoms with Gasteiger partial charge in [-0.15, -0.1) is 0 Å². The van der Waals surface area contributed by atoms with Crippen LogP contribution in [0.3, 0.4) is 0 Å². The molecule has 13 heavy (non-hydrogen) atoms. The van der Waals surface area contributed by atoms with Crippen molar-refractivity contribution in [2.24, 2.45) is 0 Å². The van der Waals surface area contributed by atoms with Crippen molar-refractivity contribution in [2.45, 2.75) is 38.1 Å². The van der Waals surface area contributed by atoms with Crippen LogP contribution < -0.4 is 5.43 Å². The van der Waals surface area contributed by atoms with Crippen LogP contribution in [0.5, 0.6) is 0 Å². The molecule has 0 bridgehead atoms. The summed E-state index contributed by atoms with van der Waals surface area (Å²) in [4.78, 5) is 0. The van der Waals surface area contributed by atoms with Crippen LogP contribution in [0.15, 0.2) is 0 Å². The topological polar surface area (TPSA) is 24.5 Å². The standard InChI is InChI=1S/C10H20N2O/c1-2-4-10(5-3-1)11-12-6-8-13-9-7-12/h10-11H,1-9H2. The molecule has 0 radical (unpaired) electrons. The molecule has 1 heterocycles. The first kappa shape index (κ1) is 9.44. The van der Waals surface area contributed by atoms with Gasteiger partial charge < -0.3 is 4.74 Å². The van der Waals surface area contributed by atoms with E-state index in [-0.39, 0.29) is 0 Å². The van der Waals surface area contributed by atoms with Crippen LogP contribution in [-0.2, 0) is 4.74 Å². The minimum absolute atomic E-state index is 0.742. The minimum Gasteiger partial charge on any atom is -0.379 e. The van der Waals surface area contributed by atoms with Crippen LogP contribution in [0.1, 0.15) is 32.1 Å². The molecule has 0 aromatic heterocycles. The monoisotopic (exact) mass is 184 g/mol. The predicted octanol–water partition coefficient (Wildman–Crippen LogP) is 1.16. The first-order chi connectivity index (χ1) is 6.45. The average molecular weight is 184 g/mol. The molecule has 1 aliphatic heterocycles. The molecular weight excluding hydrogens is 164 g/mol. The van der Waals surface area contributed by atoms with Crippen molar-refractivity contribution >= 4 is 0 Å². The summed E-state index contributed by atoms with van der Waals surface area (Å²) in [5.41, 5.74) is 3.61. The number of morpholine rings is 1. The smallest absolute Gasteiger partial charge is 0.0608 e. The highest BCUT2D eigenvalue weighted by molar-refractivity contribution is 4.71. The second kappa shape index (κ2) is 4.94. The van der Waals surface area contributed by atoms with Gasteiger partial charge in [-0.25, -0.2) is 5.01 Å². The van der Waals surface area contributed by atoms with E-state index in [2.05, 4.69) is 10.4 Å². The van der Waals surface area contributed by atoms with Gasteiger partial charge in [0.2, 0.25) is 0 Å². The van der Waals surface area contributed by atoms with Crippen molar-refractivity contribution in [2.75, 3.05) is 26.3 Å². The molecule has 2 aliphatic rings. The molecule has 0 atom stereocenters. The van der Waals surface area contributed by atoms with Gasteiger partial charge in [-0.2, -0.15) is 0 Å². The zero-order valence-corrected chi connectivity index (χ0v) is 8.30. The van der Waals surface area contributed by atoms with Crippen molar-refractivity contribution in [3.8, 4) is 0 Å². The van der Waals surface area contributed by atoms with Gasteiger partial charge in [0.25, 0.3) is 0 Å². The lowest BCUT2D eigenvalue weighted by Gasteiger charge is -2.33. The number of hydrogen-bond acceptors (Lipinski definition) is 3. The molecule has 76 valence electrons. The van der Waals surface area contributed by atoms with Crippen molar-refractivity contribution in [3.05, 3.63) is 0 Å². The van der Waals surface area contributed by atoms with E-state index < -0.39 is 0 Å². The fraction of sp³-hybridized carbons (Fsp3) is 1.00. The molecule has 0 spiro atoms. The maximum Gasteiger partial charge on any atom is 0.0608 e. The number of nitrogens with zero attached hydrogens (tertiary/aromatic N) is 1. The summed E-state index contributed by atoms with van der Waals surface area (Å²) in [5, 5.41) is 2.33. The Kier molecular flexibility index (Phi) is 3.58. The summed E-state index contributed by atoms with van der Waals surface area (Å²) in [5.74, 6) is 0. The van der Waals surface area contributed by atoms with Crippen LogP contribution >= 0.6 is 0 Å². The number of ether oxygens (including phenoxy) is 1. The van der Waals surface area contributed by atoms with Gasteiger partial charge in [0.1, 0.15) is 0 Å². The number of rotatable bonds is 2. The normalized spacial score (nSPS) is 27.7. The Balaban J connectivity index is 1.69. The average Bonchev–Trinajstić information content (AvgIpc) is 2.21. The molecule has 3 heteroatoms. The van der Waals surface area contributed by atoms with E-state index in [0.717, 1.165) is 32.3 Å². The molecule has 2 rings (SSSR count). The van der Waals surface area contributed by atoms with Crippen LogP contribution in [0.2, 0.25) is 0 Å². The van der Waals surface area contributed by atoms with Gasteiger partial charge >= 0.3 is 0 Å². The summed E-state index contributed by atoms with van der Waals surface area (Å²) in [7, 11) is 0. The molecular formula is C10H20N2O. The second-order valence-corrected chi connectivity index (χ2v) is 4.06. The molecule has 1 saturated carbocycles. The summed E-state index contributed by atoms with van der Waals surface area (Å²) in [6, 6.07) is 0.742. The Hall–Kier alpha value is -0.120. The maximum absolute atomic E-state index is 5.31. The minimum atomic E-state index is 0.742. The molecule has 1 saturated heterocycles. The number of hydrazine groups is 1. The van der Waals surface area contributed by atoms with Gasteiger partial charge in [0.15, 0.2) is 0 Å². The zero-order chi connectivity index (χ0) is 8.93. The summed E-state index contributed by atoms with van der Waals surface area (Å²) in [6.45, 7) is 3.88. The lowest BCUT2D eigenvalue weighted by molar-refractivity contribution is 0.000392. The highest BCUT2D eigenvalue weighted by Gasteiger charge is 2.17. The SMILES string of the molecule is C1CCC(NN2CCOCC2)CC1. The van der Waals surface area contributed by atoms with Gasteiger partial charge in [-0.3, -0.25) is 5.43 Å². The van der Waals surface area contributed by atoms with Gasteiger partial charge in [0.05, 0.1) is 13.2 Å². The van der Waals surface area contributed by atoms with E-state index in [1.54, 1.807) is 0 Å². The highest BCUT2D eigenvalue weighted by Crippen LogP contribution is 2.17. The summed E-state index contributed by atoms with van der Waals surface area (Å²) >= 11 is 0. The molecule has 2 fully saturated rings. The Labute approximate surface area is 80.4 Å².